The maximum Gasteiger partial charge on any atom is 0.143 e. The maximum atomic E-state index is 13.3. The highest BCUT2D eigenvalue weighted by Crippen LogP contribution is 2.22. The van der Waals surface area contributed by atoms with E-state index >= 15 is 0 Å². The summed E-state index contributed by atoms with van der Waals surface area (Å²) in [6.07, 6.45) is 1.36. The van der Waals surface area contributed by atoms with Gasteiger partial charge in [-0.3, -0.25) is 0 Å². The van der Waals surface area contributed by atoms with Gasteiger partial charge in [0.1, 0.15) is 34.2 Å². The third-order valence-electron chi connectivity index (χ3n) is 2.02. The maximum absolute atomic E-state index is 13.3. The molecule has 0 aliphatic heterocycles. The fourth-order valence-corrected chi connectivity index (χ4v) is 1.59. The summed E-state index contributed by atoms with van der Waals surface area (Å²) >= 11 is 3.20. The van der Waals surface area contributed by atoms with Crippen molar-refractivity contribution in [3.8, 4) is 6.07 Å². The Hall–Kier alpha value is -2.00. The highest BCUT2D eigenvalue weighted by atomic mass is 79.9. The largest absolute Gasteiger partial charge is 0.339 e. The number of rotatable bonds is 2. The normalized spacial score (nSPS) is 9.71. The molecule has 0 bridgehead atoms. The van der Waals surface area contributed by atoms with Gasteiger partial charge in [0.05, 0.1) is 5.69 Å². The van der Waals surface area contributed by atoms with Gasteiger partial charge in [0.2, 0.25) is 0 Å². The van der Waals surface area contributed by atoms with Crippen LogP contribution in [0.1, 0.15) is 5.56 Å². The first-order valence-electron chi connectivity index (χ1n) is 4.64. The summed E-state index contributed by atoms with van der Waals surface area (Å²) < 4.78 is 13.9. The molecule has 2 aromatic rings. The number of halogens is 2. The van der Waals surface area contributed by atoms with Gasteiger partial charge in [-0.15, -0.1) is 0 Å². The lowest BCUT2D eigenvalue weighted by molar-refractivity contribution is 0.624. The molecule has 0 atom stereocenters. The van der Waals surface area contributed by atoms with Crippen molar-refractivity contribution >= 4 is 27.4 Å². The lowest BCUT2D eigenvalue weighted by atomic mass is 10.2. The second-order valence-corrected chi connectivity index (χ2v) is 3.94. The van der Waals surface area contributed by atoms with Crippen LogP contribution in [0.5, 0.6) is 0 Å². The number of nitriles is 1. The number of hydrogen-bond acceptors (Lipinski definition) is 4. The topological polar surface area (TPSA) is 61.6 Å². The molecule has 0 saturated carbocycles. The summed E-state index contributed by atoms with van der Waals surface area (Å²) in [6, 6.07) is 7.80. The molecule has 1 aromatic heterocycles. The summed E-state index contributed by atoms with van der Waals surface area (Å²) in [5.74, 6) is -0.0837. The molecule has 4 nitrogen and oxygen atoms in total. The van der Waals surface area contributed by atoms with Crippen LogP contribution in [0.2, 0.25) is 0 Å². The molecule has 0 saturated heterocycles. The summed E-state index contributed by atoms with van der Waals surface area (Å²) in [5.41, 5.74) is 0.334. The van der Waals surface area contributed by atoms with Crippen molar-refractivity contribution in [3.05, 3.63) is 46.6 Å². The van der Waals surface area contributed by atoms with Crippen molar-refractivity contribution in [1.29, 1.82) is 5.26 Å². The third-order valence-corrected chi connectivity index (χ3v) is 2.46. The van der Waals surface area contributed by atoms with Crippen molar-refractivity contribution < 1.29 is 4.39 Å². The Morgan fingerprint density at radius 2 is 2.18 bits per heavy atom. The molecule has 2 rings (SSSR count). The highest BCUT2D eigenvalue weighted by molar-refractivity contribution is 9.10. The molecule has 84 valence electrons. The molecular weight excluding hydrogens is 287 g/mol. The quantitative estimate of drug-likeness (QED) is 0.865. The summed E-state index contributed by atoms with van der Waals surface area (Å²) in [4.78, 5) is 7.82. The summed E-state index contributed by atoms with van der Waals surface area (Å²) in [6.45, 7) is 0. The van der Waals surface area contributed by atoms with Crippen LogP contribution in [0.25, 0.3) is 0 Å². The molecule has 0 aliphatic carbocycles. The van der Waals surface area contributed by atoms with Crippen molar-refractivity contribution in [2.75, 3.05) is 5.32 Å². The van der Waals surface area contributed by atoms with E-state index < -0.39 is 5.82 Å². The van der Waals surface area contributed by atoms with Crippen LogP contribution in [0.3, 0.4) is 0 Å². The molecule has 1 aromatic carbocycles. The van der Waals surface area contributed by atoms with E-state index in [1.807, 2.05) is 0 Å². The monoisotopic (exact) mass is 292 g/mol. The van der Waals surface area contributed by atoms with Crippen molar-refractivity contribution in [3.63, 3.8) is 0 Å². The lowest BCUT2D eigenvalue weighted by Crippen LogP contribution is -1.98. The SMILES string of the molecule is N#Cc1c(F)cccc1Nc1cc(Br)ncn1. The number of benzene rings is 1. The van der Waals surface area contributed by atoms with Gasteiger partial charge in [-0.25, -0.2) is 14.4 Å². The number of anilines is 2. The van der Waals surface area contributed by atoms with Crippen molar-refractivity contribution in [2.45, 2.75) is 0 Å². The van der Waals surface area contributed by atoms with Gasteiger partial charge in [0.25, 0.3) is 0 Å². The first kappa shape index (κ1) is 11.5. The molecule has 0 amide bonds. The highest BCUT2D eigenvalue weighted by Gasteiger charge is 2.08. The van der Waals surface area contributed by atoms with Gasteiger partial charge < -0.3 is 5.32 Å². The van der Waals surface area contributed by atoms with E-state index in [0.29, 0.717) is 16.1 Å². The first-order valence-corrected chi connectivity index (χ1v) is 5.43. The zero-order valence-corrected chi connectivity index (χ0v) is 10.1. The van der Waals surface area contributed by atoms with Gasteiger partial charge in [0.15, 0.2) is 0 Å². The smallest absolute Gasteiger partial charge is 0.143 e. The Balaban J connectivity index is 2.37. The Labute approximate surface area is 105 Å². The van der Waals surface area contributed by atoms with Gasteiger partial charge in [-0.1, -0.05) is 6.07 Å². The minimum absolute atomic E-state index is 0.0396. The van der Waals surface area contributed by atoms with Crippen LogP contribution in [-0.4, -0.2) is 9.97 Å². The fourth-order valence-electron chi connectivity index (χ4n) is 1.28. The predicted octanol–water partition coefficient (Wildman–Crippen LogP) is 2.99. The fraction of sp³-hybridized carbons (Fsp3) is 0. The number of nitrogens with zero attached hydrogens (tertiary/aromatic N) is 3. The van der Waals surface area contributed by atoms with E-state index in [0.717, 1.165) is 0 Å². The van der Waals surface area contributed by atoms with Crippen LogP contribution in [0.15, 0.2) is 35.2 Å². The van der Waals surface area contributed by atoms with Crippen LogP contribution in [0, 0.1) is 17.1 Å². The Kier molecular flexibility index (Phi) is 3.30. The molecule has 1 N–H and O–H groups in total. The van der Waals surface area contributed by atoms with E-state index in [2.05, 4.69) is 31.2 Å². The summed E-state index contributed by atoms with van der Waals surface area (Å²) in [5, 5.41) is 11.7. The van der Waals surface area contributed by atoms with E-state index in [4.69, 9.17) is 5.26 Å². The van der Waals surface area contributed by atoms with Crippen molar-refractivity contribution in [1.82, 2.24) is 9.97 Å². The Bertz CT molecular complexity index is 594. The van der Waals surface area contributed by atoms with Crippen LogP contribution in [0.4, 0.5) is 15.9 Å². The minimum Gasteiger partial charge on any atom is -0.339 e. The molecule has 0 fully saturated rings. The molecule has 0 aliphatic rings. The average Bonchev–Trinajstić information content (AvgIpc) is 2.29. The van der Waals surface area contributed by atoms with Crippen molar-refractivity contribution in [2.24, 2.45) is 0 Å². The van der Waals surface area contributed by atoms with Crippen LogP contribution >= 0.6 is 15.9 Å². The number of hydrogen-bond donors (Lipinski definition) is 1. The van der Waals surface area contributed by atoms with Gasteiger partial charge in [-0.05, 0) is 28.1 Å². The predicted molar refractivity (Wildman–Crippen MR) is 64.1 cm³/mol. The Morgan fingerprint density at radius 1 is 1.35 bits per heavy atom. The zero-order chi connectivity index (χ0) is 12.3. The van der Waals surface area contributed by atoms with Gasteiger partial charge >= 0.3 is 0 Å². The number of nitrogens with one attached hydrogen (secondary N) is 1. The molecule has 17 heavy (non-hydrogen) atoms. The lowest BCUT2D eigenvalue weighted by Gasteiger charge is -2.07. The number of aromatic nitrogens is 2. The van der Waals surface area contributed by atoms with E-state index in [-0.39, 0.29) is 5.56 Å². The molecule has 0 unspecified atom stereocenters. The Morgan fingerprint density at radius 3 is 2.88 bits per heavy atom. The minimum atomic E-state index is -0.564. The third kappa shape index (κ3) is 2.57. The molecule has 1 heterocycles. The second-order valence-electron chi connectivity index (χ2n) is 3.13. The molecule has 0 spiro atoms. The van der Waals surface area contributed by atoms with Crippen LogP contribution in [-0.2, 0) is 0 Å². The second kappa shape index (κ2) is 4.89. The van der Waals surface area contributed by atoms with Gasteiger partial charge in [-0.2, -0.15) is 5.26 Å². The van der Waals surface area contributed by atoms with E-state index in [1.54, 1.807) is 18.2 Å². The molecule has 6 heteroatoms. The molecular formula is C11H6BrFN4. The van der Waals surface area contributed by atoms with E-state index in [9.17, 15) is 4.39 Å². The average molecular weight is 293 g/mol. The van der Waals surface area contributed by atoms with E-state index in [1.165, 1.54) is 18.5 Å². The summed E-state index contributed by atoms with van der Waals surface area (Å²) in [7, 11) is 0. The molecule has 0 radical (unpaired) electrons. The van der Waals surface area contributed by atoms with Gasteiger partial charge in [0, 0.05) is 6.07 Å². The first-order chi connectivity index (χ1) is 8.20. The standard InChI is InChI=1S/C11H6BrFN4/c12-10-4-11(16-6-15-10)17-9-3-1-2-8(13)7(9)5-14/h1-4,6H,(H,15,16,17). The van der Waals surface area contributed by atoms with Crippen LogP contribution < -0.4 is 5.32 Å². The zero-order valence-electron chi connectivity index (χ0n) is 8.48.